The van der Waals surface area contributed by atoms with Gasteiger partial charge in [-0.05, 0) is 29.8 Å². The van der Waals surface area contributed by atoms with Crippen molar-refractivity contribution in [1.29, 1.82) is 0 Å². The number of anilines is 1. The minimum atomic E-state index is -0.431. The first-order chi connectivity index (χ1) is 9.06. The van der Waals surface area contributed by atoms with E-state index in [0.29, 0.717) is 18.1 Å². The van der Waals surface area contributed by atoms with Crippen LogP contribution < -0.4 is 11.1 Å². The van der Waals surface area contributed by atoms with Gasteiger partial charge >= 0.3 is 0 Å². The van der Waals surface area contributed by atoms with E-state index in [1.54, 1.807) is 24.3 Å². The summed E-state index contributed by atoms with van der Waals surface area (Å²) in [6, 6.07) is 9.90. The Morgan fingerprint density at radius 2 is 2.16 bits per heavy atom. The second kappa shape index (κ2) is 5.95. The summed E-state index contributed by atoms with van der Waals surface area (Å²) in [6.07, 6.45) is 0. The molecule has 2 aromatic rings. The van der Waals surface area contributed by atoms with Crippen LogP contribution in [-0.4, -0.2) is 9.97 Å². The first kappa shape index (κ1) is 13.7. The Labute approximate surface area is 120 Å². The molecule has 1 aromatic heterocycles. The van der Waals surface area contributed by atoms with E-state index in [1.807, 2.05) is 6.07 Å². The Kier molecular flexibility index (Phi) is 4.29. The molecular formula is C13H11ClFN3S. The lowest BCUT2D eigenvalue weighted by Gasteiger charge is -2.07. The summed E-state index contributed by atoms with van der Waals surface area (Å²) in [5, 5.41) is 3.20. The van der Waals surface area contributed by atoms with Gasteiger partial charge in [-0.2, -0.15) is 0 Å². The Morgan fingerprint density at radius 1 is 1.37 bits per heavy atom. The number of nitrogens with zero attached hydrogens (tertiary/aromatic N) is 1. The maximum Gasteiger partial charge on any atom is 0.141 e. The molecule has 3 N–H and O–H groups in total. The highest BCUT2D eigenvalue weighted by atomic mass is 35.5. The second-order valence-corrected chi connectivity index (χ2v) is 4.72. The lowest BCUT2D eigenvalue weighted by Crippen LogP contribution is -2.12. The first-order valence-electron chi connectivity index (χ1n) is 5.51. The standard InChI is InChI=1S/C13H11ClFN3S/c14-9-6-8(4-5-10(9)15)7-17-12-3-1-2-11(18-12)13(16)19/h1-6H,7H2,(H2,16,19)(H,17,18). The topological polar surface area (TPSA) is 50.9 Å². The predicted octanol–water partition coefficient (Wildman–Crippen LogP) is 3.12. The smallest absolute Gasteiger partial charge is 0.141 e. The zero-order valence-electron chi connectivity index (χ0n) is 9.86. The quantitative estimate of drug-likeness (QED) is 0.851. The molecule has 0 saturated heterocycles. The highest BCUT2D eigenvalue weighted by molar-refractivity contribution is 7.80. The van der Waals surface area contributed by atoms with Gasteiger partial charge in [0.2, 0.25) is 0 Å². The van der Waals surface area contributed by atoms with Crippen LogP contribution in [0.1, 0.15) is 11.3 Å². The number of thiocarbonyl (C=S) groups is 1. The van der Waals surface area contributed by atoms with Crippen molar-refractivity contribution < 1.29 is 4.39 Å². The fourth-order valence-electron chi connectivity index (χ4n) is 1.51. The van der Waals surface area contributed by atoms with E-state index >= 15 is 0 Å². The molecule has 0 atom stereocenters. The van der Waals surface area contributed by atoms with Gasteiger partial charge in [-0.3, -0.25) is 0 Å². The molecule has 1 aromatic carbocycles. The Balaban J connectivity index is 2.07. The fourth-order valence-corrected chi connectivity index (χ4v) is 1.83. The molecule has 6 heteroatoms. The van der Waals surface area contributed by atoms with Gasteiger partial charge in [-0.1, -0.05) is 36.0 Å². The molecule has 19 heavy (non-hydrogen) atoms. The van der Waals surface area contributed by atoms with E-state index in [1.165, 1.54) is 6.07 Å². The average Bonchev–Trinajstić information content (AvgIpc) is 2.40. The van der Waals surface area contributed by atoms with Crippen molar-refractivity contribution >= 4 is 34.6 Å². The molecule has 0 aliphatic carbocycles. The lowest BCUT2D eigenvalue weighted by molar-refractivity contribution is 0.627. The third kappa shape index (κ3) is 3.62. The molecule has 0 spiro atoms. The molecular weight excluding hydrogens is 285 g/mol. The number of halogens is 2. The van der Waals surface area contributed by atoms with Crippen LogP contribution in [0.2, 0.25) is 5.02 Å². The second-order valence-electron chi connectivity index (χ2n) is 3.87. The third-order valence-corrected chi connectivity index (χ3v) is 2.96. The van der Waals surface area contributed by atoms with Gasteiger partial charge in [0.1, 0.15) is 16.6 Å². The van der Waals surface area contributed by atoms with Crippen LogP contribution in [0.15, 0.2) is 36.4 Å². The minimum absolute atomic E-state index is 0.101. The Hall–Kier alpha value is -1.72. The molecule has 98 valence electrons. The van der Waals surface area contributed by atoms with E-state index < -0.39 is 5.82 Å². The van der Waals surface area contributed by atoms with E-state index in [0.717, 1.165) is 5.56 Å². The summed E-state index contributed by atoms with van der Waals surface area (Å²) >= 11 is 10.6. The van der Waals surface area contributed by atoms with Crippen LogP contribution in [0.5, 0.6) is 0 Å². The predicted molar refractivity (Wildman–Crippen MR) is 78.9 cm³/mol. The fraction of sp³-hybridized carbons (Fsp3) is 0.0769. The number of pyridine rings is 1. The van der Waals surface area contributed by atoms with Crippen molar-refractivity contribution in [3.63, 3.8) is 0 Å². The third-order valence-electron chi connectivity index (χ3n) is 2.46. The molecule has 0 saturated carbocycles. The van der Waals surface area contributed by atoms with Crippen molar-refractivity contribution in [2.45, 2.75) is 6.54 Å². The SMILES string of the molecule is NC(=S)c1cccc(NCc2ccc(F)c(Cl)c2)n1. The van der Waals surface area contributed by atoms with Crippen molar-refractivity contribution in [2.75, 3.05) is 5.32 Å². The Bertz CT molecular complexity index is 619. The molecule has 0 aliphatic rings. The number of benzene rings is 1. The van der Waals surface area contributed by atoms with Gasteiger partial charge < -0.3 is 11.1 Å². The minimum Gasteiger partial charge on any atom is -0.388 e. The average molecular weight is 296 g/mol. The van der Waals surface area contributed by atoms with Crippen LogP contribution in [0.25, 0.3) is 0 Å². The number of nitrogens with one attached hydrogen (secondary N) is 1. The summed E-state index contributed by atoms with van der Waals surface area (Å²) in [7, 11) is 0. The van der Waals surface area contributed by atoms with Crippen LogP contribution >= 0.6 is 23.8 Å². The Morgan fingerprint density at radius 3 is 2.84 bits per heavy atom. The molecule has 1 heterocycles. The van der Waals surface area contributed by atoms with Gasteiger partial charge in [-0.15, -0.1) is 0 Å². The zero-order chi connectivity index (χ0) is 13.8. The highest BCUT2D eigenvalue weighted by Crippen LogP contribution is 2.17. The van der Waals surface area contributed by atoms with E-state index in [9.17, 15) is 4.39 Å². The van der Waals surface area contributed by atoms with Crippen molar-refractivity contribution in [3.8, 4) is 0 Å². The first-order valence-corrected chi connectivity index (χ1v) is 6.29. The van der Waals surface area contributed by atoms with Crippen molar-refractivity contribution in [1.82, 2.24) is 4.98 Å². The lowest BCUT2D eigenvalue weighted by atomic mass is 10.2. The number of nitrogens with two attached hydrogens (primary N) is 1. The highest BCUT2D eigenvalue weighted by Gasteiger charge is 2.03. The molecule has 0 fully saturated rings. The summed E-state index contributed by atoms with van der Waals surface area (Å²) < 4.78 is 13.0. The van der Waals surface area contributed by atoms with Crippen molar-refractivity contribution in [3.05, 3.63) is 58.5 Å². The number of hydrogen-bond acceptors (Lipinski definition) is 3. The molecule has 2 rings (SSSR count). The molecule has 0 unspecified atom stereocenters. The van der Waals surface area contributed by atoms with E-state index in [2.05, 4.69) is 10.3 Å². The monoisotopic (exact) mass is 295 g/mol. The van der Waals surface area contributed by atoms with Crippen LogP contribution in [-0.2, 0) is 6.54 Å². The summed E-state index contributed by atoms with van der Waals surface area (Å²) in [5.41, 5.74) is 6.92. The van der Waals surface area contributed by atoms with Crippen molar-refractivity contribution in [2.24, 2.45) is 5.73 Å². The van der Waals surface area contributed by atoms with Gasteiger partial charge in [0.25, 0.3) is 0 Å². The molecule has 0 aliphatic heterocycles. The molecule has 3 nitrogen and oxygen atoms in total. The summed E-state index contributed by atoms with van der Waals surface area (Å²) in [4.78, 5) is 4.49. The molecule has 0 radical (unpaired) electrons. The number of aromatic nitrogens is 1. The normalized spacial score (nSPS) is 10.2. The van der Waals surface area contributed by atoms with Gasteiger partial charge in [0.15, 0.2) is 0 Å². The number of rotatable bonds is 4. The van der Waals surface area contributed by atoms with Gasteiger partial charge in [-0.25, -0.2) is 9.37 Å². The van der Waals surface area contributed by atoms with E-state index in [4.69, 9.17) is 29.6 Å². The van der Waals surface area contributed by atoms with E-state index in [-0.39, 0.29) is 10.0 Å². The maximum absolute atomic E-state index is 13.0. The van der Waals surface area contributed by atoms with Crippen LogP contribution in [0, 0.1) is 5.82 Å². The molecule has 0 amide bonds. The number of hydrogen-bond donors (Lipinski definition) is 2. The maximum atomic E-state index is 13.0. The zero-order valence-corrected chi connectivity index (χ0v) is 11.4. The summed E-state index contributed by atoms with van der Waals surface area (Å²) in [6.45, 7) is 0.480. The summed E-state index contributed by atoms with van der Waals surface area (Å²) in [5.74, 6) is 0.213. The molecule has 0 bridgehead atoms. The van der Waals surface area contributed by atoms with Crippen LogP contribution in [0.3, 0.4) is 0 Å². The largest absolute Gasteiger partial charge is 0.388 e. The van der Waals surface area contributed by atoms with Crippen LogP contribution in [0.4, 0.5) is 10.2 Å². The van der Waals surface area contributed by atoms with Gasteiger partial charge in [0, 0.05) is 6.54 Å². The van der Waals surface area contributed by atoms with Gasteiger partial charge in [0.05, 0.1) is 10.7 Å².